The third kappa shape index (κ3) is 3.14. The molecule has 0 spiro atoms. The van der Waals surface area contributed by atoms with Gasteiger partial charge in [-0.1, -0.05) is 48.0 Å². The molecule has 0 aliphatic carbocycles. The van der Waals surface area contributed by atoms with Crippen LogP contribution in [0.1, 0.15) is 24.1 Å². The van der Waals surface area contributed by atoms with Crippen LogP contribution in [0, 0.1) is 6.92 Å². The average molecular weight is 360 g/mol. The smallest absolute Gasteiger partial charge is 0.310 e. The van der Waals surface area contributed by atoms with E-state index in [9.17, 15) is 9.59 Å². The number of hydrogen-bond acceptors (Lipinski definition) is 4. The minimum atomic E-state index is -0.719. The van der Waals surface area contributed by atoms with E-state index in [-0.39, 0.29) is 5.91 Å². The highest BCUT2D eigenvalue weighted by Crippen LogP contribution is 2.29. The van der Waals surface area contributed by atoms with Crippen molar-refractivity contribution in [2.24, 2.45) is 0 Å². The van der Waals surface area contributed by atoms with E-state index in [1.165, 1.54) is 6.20 Å². The first-order chi connectivity index (χ1) is 13.0. The summed E-state index contributed by atoms with van der Waals surface area (Å²) in [7, 11) is 0. The second kappa shape index (κ2) is 6.79. The molecule has 0 bridgehead atoms. The number of para-hydroxylation sites is 1. The highest BCUT2D eigenvalue weighted by Gasteiger charge is 2.29. The molecule has 0 N–H and O–H groups in total. The Bertz CT molecular complexity index is 1060. The van der Waals surface area contributed by atoms with Crippen molar-refractivity contribution in [1.29, 1.82) is 0 Å². The third-order valence-corrected chi connectivity index (χ3v) is 4.94. The Labute approximate surface area is 157 Å². The number of hydrogen-bond donors (Lipinski definition) is 0. The Balaban J connectivity index is 1.61. The Hall–Kier alpha value is -3.28. The van der Waals surface area contributed by atoms with Crippen LogP contribution in [0.2, 0.25) is 0 Å². The number of aryl methyl sites for hydroxylation is 1. The van der Waals surface area contributed by atoms with Gasteiger partial charge in [0.15, 0.2) is 0 Å². The molecule has 4 rings (SSSR count). The standard InChI is InChI=1S/C21H20N4O2/c1-14-7-9-16(10-8-14)18-13-22-25(21(27)23-18)15(2)20(26)24-12-11-17-5-3-4-6-19(17)24/h3-10,13,15H,11-12H2,1-2H3/t15-/m1/s1. The minimum Gasteiger partial charge on any atom is -0.310 e. The summed E-state index contributed by atoms with van der Waals surface area (Å²) < 4.78 is 1.15. The van der Waals surface area contributed by atoms with Gasteiger partial charge in [-0.05, 0) is 31.9 Å². The van der Waals surface area contributed by atoms with Gasteiger partial charge in [0, 0.05) is 17.8 Å². The quantitative estimate of drug-likeness (QED) is 0.720. The van der Waals surface area contributed by atoms with Crippen molar-refractivity contribution in [3.8, 4) is 11.3 Å². The van der Waals surface area contributed by atoms with Crippen LogP contribution in [0.3, 0.4) is 0 Å². The summed E-state index contributed by atoms with van der Waals surface area (Å²) in [5, 5.41) is 4.22. The first-order valence-electron chi connectivity index (χ1n) is 8.97. The molecular formula is C21H20N4O2. The van der Waals surface area contributed by atoms with E-state index in [0.29, 0.717) is 12.2 Å². The van der Waals surface area contributed by atoms with E-state index in [2.05, 4.69) is 10.1 Å². The molecule has 1 amide bonds. The number of benzene rings is 2. The van der Waals surface area contributed by atoms with Crippen LogP contribution in [0.5, 0.6) is 0 Å². The number of nitrogens with zero attached hydrogens (tertiary/aromatic N) is 4. The van der Waals surface area contributed by atoms with Gasteiger partial charge in [-0.3, -0.25) is 4.79 Å². The maximum Gasteiger partial charge on any atom is 0.365 e. The summed E-state index contributed by atoms with van der Waals surface area (Å²) in [5.41, 5.74) is 3.98. The molecule has 2 heterocycles. The van der Waals surface area contributed by atoms with Crippen molar-refractivity contribution < 1.29 is 4.79 Å². The summed E-state index contributed by atoms with van der Waals surface area (Å²) in [6.07, 6.45) is 2.36. The zero-order valence-corrected chi connectivity index (χ0v) is 15.3. The van der Waals surface area contributed by atoms with E-state index in [1.807, 2.05) is 55.5 Å². The molecule has 6 heteroatoms. The molecule has 0 saturated heterocycles. The lowest BCUT2D eigenvalue weighted by atomic mass is 10.1. The molecule has 27 heavy (non-hydrogen) atoms. The fourth-order valence-corrected chi connectivity index (χ4v) is 3.38. The summed E-state index contributed by atoms with van der Waals surface area (Å²) in [5.74, 6) is -0.153. The lowest BCUT2D eigenvalue weighted by molar-refractivity contribution is -0.121. The van der Waals surface area contributed by atoms with E-state index in [4.69, 9.17) is 0 Å². The Morgan fingerprint density at radius 3 is 2.59 bits per heavy atom. The molecule has 1 aliphatic heterocycles. The van der Waals surface area contributed by atoms with Crippen LogP contribution in [-0.4, -0.2) is 27.2 Å². The SMILES string of the molecule is Cc1ccc(-c2cnn([C@H](C)C(=O)N3CCc4ccccc43)c(=O)n2)cc1. The maximum atomic E-state index is 13.0. The van der Waals surface area contributed by atoms with Crippen LogP contribution in [0.25, 0.3) is 11.3 Å². The summed E-state index contributed by atoms with van der Waals surface area (Å²) >= 11 is 0. The van der Waals surface area contributed by atoms with Crippen molar-refractivity contribution in [2.45, 2.75) is 26.3 Å². The fraction of sp³-hybridized carbons (Fsp3) is 0.238. The van der Waals surface area contributed by atoms with Crippen molar-refractivity contribution in [3.05, 3.63) is 76.3 Å². The molecule has 0 saturated carbocycles. The number of aromatic nitrogens is 3. The number of carbonyl (C=O) groups is 1. The lowest BCUT2D eigenvalue weighted by Crippen LogP contribution is -2.40. The Morgan fingerprint density at radius 2 is 1.85 bits per heavy atom. The molecule has 0 radical (unpaired) electrons. The summed E-state index contributed by atoms with van der Waals surface area (Å²) in [6, 6.07) is 14.8. The number of amides is 1. The number of fused-ring (bicyclic) bond motifs is 1. The molecule has 0 unspecified atom stereocenters. The predicted molar refractivity (Wildman–Crippen MR) is 104 cm³/mol. The molecule has 2 aromatic carbocycles. The summed E-state index contributed by atoms with van der Waals surface area (Å²) in [4.78, 5) is 31.3. The van der Waals surface area contributed by atoms with Gasteiger partial charge in [-0.25, -0.2) is 9.48 Å². The van der Waals surface area contributed by atoms with Gasteiger partial charge in [-0.2, -0.15) is 10.1 Å². The van der Waals surface area contributed by atoms with Gasteiger partial charge in [0.1, 0.15) is 6.04 Å². The van der Waals surface area contributed by atoms with Crippen LogP contribution in [-0.2, 0) is 11.2 Å². The molecule has 6 nitrogen and oxygen atoms in total. The topological polar surface area (TPSA) is 68.1 Å². The van der Waals surface area contributed by atoms with Gasteiger partial charge >= 0.3 is 5.69 Å². The van der Waals surface area contributed by atoms with E-state index in [1.54, 1.807) is 11.8 Å². The van der Waals surface area contributed by atoms with Crippen LogP contribution < -0.4 is 10.6 Å². The van der Waals surface area contributed by atoms with Crippen molar-refractivity contribution in [1.82, 2.24) is 14.8 Å². The predicted octanol–water partition coefficient (Wildman–Crippen LogP) is 2.76. The molecule has 1 atom stereocenters. The van der Waals surface area contributed by atoms with Gasteiger partial charge in [-0.15, -0.1) is 0 Å². The highest BCUT2D eigenvalue weighted by molar-refractivity contribution is 5.97. The lowest BCUT2D eigenvalue weighted by Gasteiger charge is -2.22. The number of anilines is 1. The van der Waals surface area contributed by atoms with E-state index < -0.39 is 11.7 Å². The summed E-state index contributed by atoms with van der Waals surface area (Å²) in [6.45, 7) is 4.30. The van der Waals surface area contributed by atoms with Crippen molar-refractivity contribution in [2.75, 3.05) is 11.4 Å². The van der Waals surface area contributed by atoms with Gasteiger partial charge in [0.05, 0.1) is 11.9 Å². The van der Waals surface area contributed by atoms with Gasteiger partial charge < -0.3 is 4.90 Å². The number of rotatable bonds is 3. The third-order valence-electron chi connectivity index (χ3n) is 4.94. The van der Waals surface area contributed by atoms with Crippen LogP contribution in [0.4, 0.5) is 5.69 Å². The molecule has 136 valence electrons. The zero-order valence-electron chi connectivity index (χ0n) is 15.3. The first-order valence-corrected chi connectivity index (χ1v) is 8.97. The van der Waals surface area contributed by atoms with Crippen LogP contribution >= 0.6 is 0 Å². The van der Waals surface area contributed by atoms with Crippen molar-refractivity contribution in [3.63, 3.8) is 0 Å². The first kappa shape index (κ1) is 17.1. The average Bonchev–Trinajstić information content (AvgIpc) is 3.11. The Kier molecular flexibility index (Phi) is 4.32. The maximum absolute atomic E-state index is 13.0. The molecule has 1 aliphatic rings. The van der Waals surface area contributed by atoms with Crippen LogP contribution in [0.15, 0.2) is 59.5 Å². The molecular weight excluding hydrogens is 340 g/mol. The van der Waals surface area contributed by atoms with Gasteiger partial charge in [0.25, 0.3) is 5.91 Å². The second-order valence-electron chi connectivity index (χ2n) is 6.78. The fourth-order valence-electron chi connectivity index (χ4n) is 3.38. The van der Waals surface area contributed by atoms with Gasteiger partial charge in [0.2, 0.25) is 0 Å². The highest BCUT2D eigenvalue weighted by atomic mass is 16.2. The molecule has 3 aromatic rings. The second-order valence-corrected chi connectivity index (χ2v) is 6.78. The largest absolute Gasteiger partial charge is 0.365 e. The van der Waals surface area contributed by atoms with E-state index >= 15 is 0 Å². The minimum absolute atomic E-state index is 0.153. The Morgan fingerprint density at radius 1 is 1.11 bits per heavy atom. The zero-order chi connectivity index (χ0) is 19.0. The molecule has 0 fully saturated rings. The number of carbonyl (C=O) groups excluding carboxylic acids is 1. The monoisotopic (exact) mass is 360 g/mol. The van der Waals surface area contributed by atoms with Crippen molar-refractivity contribution >= 4 is 11.6 Å². The van der Waals surface area contributed by atoms with E-state index in [0.717, 1.165) is 33.5 Å². The normalized spacial score (nSPS) is 14.1. The molecule has 1 aromatic heterocycles.